The zero-order chi connectivity index (χ0) is 20.3. The number of carbonyl (C=O) groups is 1. The average Bonchev–Trinajstić information content (AvgIpc) is 2.65. The number of piperidine rings is 1. The molecule has 1 fully saturated rings. The number of amides is 1. The molecule has 3 nitrogen and oxygen atoms in total. The summed E-state index contributed by atoms with van der Waals surface area (Å²) < 4.78 is 13.7. The largest absolute Gasteiger partial charge is 0.352 e. The number of carbonyl (C=O) groups excluding carboxylic acids is 1. The maximum absolute atomic E-state index is 13.7. The van der Waals surface area contributed by atoms with Crippen molar-refractivity contribution in [1.29, 1.82) is 0 Å². The summed E-state index contributed by atoms with van der Waals surface area (Å²) in [5, 5.41) is 7.48. The normalized spacial score (nSPS) is 17.2. The molecule has 1 atom stereocenters. The van der Waals surface area contributed by atoms with Gasteiger partial charge in [-0.2, -0.15) is 0 Å². The van der Waals surface area contributed by atoms with Crippen LogP contribution in [0.25, 0.3) is 0 Å². The smallest absolute Gasteiger partial charge is 0.223 e. The van der Waals surface area contributed by atoms with Crippen LogP contribution in [0.4, 0.5) is 4.39 Å². The minimum atomic E-state index is -0.320. The van der Waals surface area contributed by atoms with Gasteiger partial charge in [-0.15, -0.1) is 0 Å². The van der Waals surface area contributed by atoms with E-state index in [4.69, 9.17) is 23.2 Å². The fourth-order valence-corrected chi connectivity index (χ4v) is 4.87. The molecule has 1 heterocycles. The van der Waals surface area contributed by atoms with Crippen LogP contribution in [0.2, 0.25) is 10.0 Å². The molecule has 2 aromatic rings. The second-order valence-corrected chi connectivity index (χ2v) is 8.46. The van der Waals surface area contributed by atoms with Gasteiger partial charge in [0.15, 0.2) is 0 Å². The van der Waals surface area contributed by atoms with Crippen LogP contribution in [0.3, 0.4) is 0 Å². The Balaban J connectivity index is 1.82. The number of hydrogen-bond donors (Lipinski definition) is 2. The van der Waals surface area contributed by atoms with Gasteiger partial charge in [-0.25, -0.2) is 4.39 Å². The van der Waals surface area contributed by atoms with Gasteiger partial charge >= 0.3 is 0 Å². The van der Waals surface area contributed by atoms with Gasteiger partial charge < -0.3 is 10.6 Å². The second-order valence-electron chi connectivity index (χ2n) is 7.58. The number of halogens is 3. The third-order valence-corrected chi connectivity index (χ3v) is 6.27. The first-order chi connectivity index (χ1) is 13.3. The lowest BCUT2D eigenvalue weighted by Gasteiger charge is -2.43. The van der Waals surface area contributed by atoms with E-state index < -0.39 is 0 Å². The van der Waals surface area contributed by atoms with E-state index in [0.717, 1.165) is 42.6 Å². The minimum absolute atomic E-state index is 0.0262. The maximum atomic E-state index is 13.7. The zero-order valence-electron chi connectivity index (χ0n) is 16.1. The highest BCUT2D eigenvalue weighted by Gasteiger charge is 2.43. The Morgan fingerprint density at radius 1 is 1.18 bits per heavy atom. The molecule has 0 saturated carbocycles. The molecule has 3 rings (SSSR count). The number of nitrogens with one attached hydrogen (secondary N) is 2. The Kier molecular flexibility index (Phi) is 6.64. The molecule has 1 unspecified atom stereocenters. The molecular formula is C22H25Cl2FN2O. The second kappa shape index (κ2) is 8.81. The van der Waals surface area contributed by atoms with E-state index in [2.05, 4.69) is 10.6 Å². The van der Waals surface area contributed by atoms with E-state index in [9.17, 15) is 9.18 Å². The van der Waals surface area contributed by atoms with E-state index in [1.54, 1.807) is 24.3 Å². The highest BCUT2D eigenvalue weighted by Crippen LogP contribution is 2.42. The standard InChI is InChI=1S/C22H25Cl2FN2O/c1-14-9-19(25)3-4-20(14)22(5-7-26-8-6-22)15(2)21(28)27-13-16-10-17(23)12-18(24)11-16/h3-4,9-12,15,26H,5-8,13H2,1-2H3,(H,27,28). The summed E-state index contributed by atoms with van der Waals surface area (Å²) in [5.41, 5.74) is 2.49. The lowest BCUT2D eigenvalue weighted by molar-refractivity contribution is -0.127. The molecular weight excluding hydrogens is 398 g/mol. The molecule has 1 aliphatic heterocycles. The summed E-state index contributed by atoms with van der Waals surface area (Å²) in [6, 6.07) is 10.1. The van der Waals surface area contributed by atoms with E-state index in [0.29, 0.717) is 16.6 Å². The van der Waals surface area contributed by atoms with Crippen molar-refractivity contribution in [2.75, 3.05) is 13.1 Å². The Bertz CT molecular complexity index is 845. The molecule has 0 spiro atoms. The monoisotopic (exact) mass is 422 g/mol. The highest BCUT2D eigenvalue weighted by atomic mass is 35.5. The maximum Gasteiger partial charge on any atom is 0.223 e. The molecule has 0 aromatic heterocycles. The lowest BCUT2D eigenvalue weighted by Crippen LogP contribution is -2.49. The van der Waals surface area contributed by atoms with Gasteiger partial charge in [0.2, 0.25) is 5.91 Å². The van der Waals surface area contributed by atoms with Gasteiger partial charge in [-0.1, -0.05) is 36.2 Å². The van der Waals surface area contributed by atoms with Crippen molar-refractivity contribution in [3.63, 3.8) is 0 Å². The van der Waals surface area contributed by atoms with Crippen molar-refractivity contribution in [3.8, 4) is 0 Å². The van der Waals surface area contributed by atoms with Crippen molar-refractivity contribution >= 4 is 29.1 Å². The number of hydrogen-bond acceptors (Lipinski definition) is 2. The Morgan fingerprint density at radius 2 is 1.82 bits per heavy atom. The first-order valence-electron chi connectivity index (χ1n) is 9.52. The molecule has 1 amide bonds. The summed E-state index contributed by atoms with van der Waals surface area (Å²) in [5.74, 6) is -0.532. The predicted molar refractivity (Wildman–Crippen MR) is 112 cm³/mol. The third kappa shape index (κ3) is 4.51. The Morgan fingerprint density at radius 3 is 2.43 bits per heavy atom. The molecule has 1 aliphatic rings. The topological polar surface area (TPSA) is 41.1 Å². The molecule has 0 aliphatic carbocycles. The van der Waals surface area contributed by atoms with Crippen LogP contribution in [0.5, 0.6) is 0 Å². The zero-order valence-corrected chi connectivity index (χ0v) is 17.6. The number of rotatable bonds is 5. The summed E-state index contributed by atoms with van der Waals surface area (Å²) in [7, 11) is 0. The Hall–Kier alpha value is -1.62. The van der Waals surface area contributed by atoms with Gasteiger partial charge in [0.25, 0.3) is 0 Å². The first kappa shape index (κ1) is 21.1. The average molecular weight is 423 g/mol. The summed E-state index contributed by atoms with van der Waals surface area (Å²) >= 11 is 12.1. The predicted octanol–water partition coefficient (Wildman–Crippen LogP) is 5.01. The molecule has 1 saturated heterocycles. The van der Waals surface area contributed by atoms with E-state index in [-0.39, 0.29) is 23.1 Å². The van der Waals surface area contributed by atoms with Gasteiger partial charge in [-0.05, 0) is 79.9 Å². The quantitative estimate of drug-likeness (QED) is 0.710. The lowest BCUT2D eigenvalue weighted by atomic mass is 9.64. The van der Waals surface area contributed by atoms with Crippen molar-refractivity contribution < 1.29 is 9.18 Å². The molecule has 150 valence electrons. The van der Waals surface area contributed by atoms with E-state index >= 15 is 0 Å². The number of aryl methyl sites for hydroxylation is 1. The third-order valence-electron chi connectivity index (χ3n) is 5.83. The van der Waals surface area contributed by atoms with Crippen molar-refractivity contribution in [2.45, 2.75) is 38.6 Å². The fourth-order valence-electron chi connectivity index (χ4n) is 4.30. The molecule has 2 aromatic carbocycles. The van der Waals surface area contributed by atoms with E-state index in [1.165, 1.54) is 6.07 Å². The van der Waals surface area contributed by atoms with Gasteiger partial charge in [0.05, 0.1) is 0 Å². The molecule has 6 heteroatoms. The van der Waals surface area contributed by atoms with Crippen LogP contribution in [0, 0.1) is 18.7 Å². The van der Waals surface area contributed by atoms with E-state index in [1.807, 2.05) is 19.9 Å². The van der Waals surface area contributed by atoms with Gasteiger partial charge in [0, 0.05) is 27.9 Å². The van der Waals surface area contributed by atoms with Crippen LogP contribution in [0.15, 0.2) is 36.4 Å². The minimum Gasteiger partial charge on any atom is -0.352 e. The molecule has 0 radical (unpaired) electrons. The molecule has 28 heavy (non-hydrogen) atoms. The molecule has 2 N–H and O–H groups in total. The van der Waals surface area contributed by atoms with Crippen molar-refractivity contribution in [1.82, 2.24) is 10.6 Å². The van der Waals surface area contributed by atoms with Crippen LogP contribution >= 0.6 is 23.2 Å². The van der Waals surface area contributed by atoms with Gasteiger partial charge in [-0.3, -0.25) is 4.79 Å². The van der Waals surface area contributed by atoms with Crippen LogP contribution in [-0.2, 0) is 16.8 Å². The SMILES string of the molecule is Cc1cc(F)ccc1C1(C(C)C(=O)NCc2cc(Cl)cc(Cl)c2)CCNCC1. The fraction of sp³-hybridized carbons (Fsp3) is 0.409. The van der Waals surface area contributed by atoms with Crippen LogP contribution in [0.1, 0.15) is 36.5 Å². The summed E-state index contributed by atoms with van der Waals surface area (Å²) in [6.07, 6.45) is 1.66. The Labute approximate surface area is 175 Å². The van der Waals surface area contributed by atoms with Gasteiger partial charge in [0.1, 0.15) is 5.82 Å². The van der Waals surface area contributed by atoms with Crippen molar-refractivity contribution in [3.05, 3.63) is 69.0 Å². The van der Waals surface area contributed by atoms with Crippen molar-refractivity contribution in [2.24, 2.45) is 5.92 Å². The summed E-state index contributed by atoms with van der Waals surface area (Å²) in [4.78, 5) is 13.1. The molecule has 0 bridgehead atoms. The van der Waals surface area contributed by atoms with Crippen LogP contribution in [-0.4, -0.2) is 19.0 Å². The highest BCUT2D eigenvalue weighted by molar-refractivity contribution is 6.34. The van der Waals surface area contributed by atoms with Crippen LogP contribution < -0.4 is 10.6 Å². The summed E-state index contributed by atoms with van der Waals surface area (Å²) in [6.45, 7) is 5.91. The number of benzene rings is 2. The first-order valence-corrected chi connectivity index (χ1v) is 10.3.